The van der Waals surface area contributed by atoms with E-state index in [-0.39, 0.29) is 75.2 Å². The van der Waals surface area contributed by atoms with Crippen molar-refractivity contribution in [3.63, 3.8) is 0 Å². The van der Waals surface area contributed by atoms with Gasteiger partial charge in [0, 0.05) is 15.7 Å². The van der Waals surface area contributed by atoms with Gasteiger partial charge in [-0.05, 0) is 38.1 Å². The number of benzene rings is 2. The number of aryl methyl sites for hydroxylation is 1. The zero-order chi connectivity index (χ0) is 27.8. The molecule has 194 valence electrons. The molecule has 38 heavy (non-hydrogen) atoms. The lowest BCUT2D eigenvalue weighted by molar-refractivity contribution is -0.115. The van der Waals surface area contributed by atoms with Gasteiger partial charge in [-0.1, -0.05) is 69.6 Å². The van der Waals surface area contributed by atoms with E-state index >= 15 is 0 Å². The quantitative estimate of drug-likeness (QED) is 0.304. The van der Waals surface area contributed by atoms with Crippen LogP contribution < -0.4 is 10.6 Å². The molecule has 1 aromatic heterocycles. The van der Waals surface area contributed by atoms with Crippen molar-refractivity contribution >= 4 is 98.3 Å². The van der Waals surface area contributed by atoms with Crippen molar-refractivity contribution in [1.82, 2.24) is 9.78 Å². The number of aliphatic hydroxyl groups is 1. The maximum atomic E-state index is 13.3. The van der Waals surface area contributed by atoms with Gasteiger partial charge < -0.3 is 5.11 Å². The molecule has 2 aliphatic rings. The highest BCUT2D eigenvalue weighted by Gasteiger charge is 2.45. The first-order valence-corrected chi connectivity index (χ1v) is 12.8. The van der Waals surface area contributed by atoms with E-state index in [0.717, 1.165) is 9.69 Å². The number of aromatic amines is 1. The second-order valence-corrected chi connectivity index (χ2v) is 10.8. The Morgan fingerprint density at radius 2 is 1.26 bits per heavy atom. The zero-order valence-corrected chi connectivity index (χ0v) is 23.6. The SMILES string of the molecule is CC1=NN(c2c(Cl)cc(Cl)cc2Cl)C(=O)C1=C1C(=O)C(c2c(C)[nH]n(-c3c(Cl)cc(Cl)cc3Cl)c2=O)=C1O. The summed E-state index contributed by atoms with van der Waals surface area (Å²) in [6.45, 7) is 3.01. The first kappa shape index (κ1) is 26.9. The number of Topliss-reactive ketones (excluding diaryl/α,β-unsaturated/α-hetero) is 1. The van der Waals surface area contributed by atoms with Gasteiger partial charge in [-0.25, -0.2) is 4.68 Å². The van der Waals surface area contributed by atoms with Crippen LogP contribution in [0.5, 0.6) is 0 Å². The number of hydrazone groups is 1. The minimum absolute atomic E-state index is 0.0575. The molecular weight excluding hydrogens is 621 g/mol. The number of carbonyl (C=O) groups is 2. The van der Waals surface area contributed by atoms with Crippen molar-refractivity contribution in [3.05, 3.63) is 92.9 Å². The number of nitrogens with zero attached hydrogens (tertiary/aromatic N) is 3. The number of anilines is 1. The second-order valence-electron chi connectivity index (χ2n) is 8.29. The van der Waals surface area contributed by atoms with E-state index in [2.05, 4.69) is 10.2 Å². The standard InChI is InChI=1S/C24H12Cl6N4O4/c1-7-15(23(37)33(31-7)19-11(27)3-9(25)4-12(19)28)17-21(35)18(22(17)36)16-8(2)32-34(24(16)38)20-13(29)5-10(26)6-14(20)30/h3-6,31,35H,1-2H3. The van der Waals surface area contributed by atoms with Crippen molar-refractivity contribution in [1.29, 1.82) is 0 Å². The number of halogens is 6. The normalized spacial score (nSPS) is 17.5. The molecular formula is C24H12Cl6N4O4. The molecule has 14 heteroatoms. The fraction of sp³-hybridized carbons (Fsp3) is 0.0833. The van der Waals surface area contributed by atoms with E-state index in [0.29, 0.717) is 0 Å². The fourth-order valence-corrected chi connectivity index (χ4v) is 6.26. The van der Waals surface area contributed by atoms with Crippen LogP contribution in [0.3, 0.4) is 0 Å². The lowest BCUT2D eigenvalue weighted by atomic mass is 9.80. The third-order valence-electron chi connectivity index (χ3n) is 5.92. The van der Waals surface area contributed by atoms with E-state index < -0.39 is 23.0 Å². The monoisotopic (exact) mass is 630 g/mol. The van der Waals surface area contributed by atoms with Gasteiger partial charge in [0.1, 0.15) is 17.1 Å². The fourth-order valence-electron chi connectivity index (χ4n) is 4.30. The predicted octanol–water partition coefficient (Wildman–Crippen LogP) is 6.97. The molecule has 0 spiro atoms. The molecule has 2 aromatic carbocycles. The van der Waals surface area contributed by atoms with Gasteiger partial charge in [-0.2, -0.15) is 10.1 Å². The molecule has 1 aliphatic carbocycles. The Bertz CT molecular complexity index is 1740. The average molecular weight is 633 g/mol. The predicted molar refractivity (Wildman–Crippen MR) is 150 cm³/mol. The highest BCUT2D eigenvalue weighted by atomic mass is 35.5. The molecule has 0 radical (unpaired) electrons. The largest absolute Gasteiger partial charge is 0.506 e. The summed E-state index contributed by atoms with van der Waals surface area (Å²) in [5, 5.41) is 19.7. The van der Waals surface area contributed by atoms with Crippen molar-refractivity contribution < 1.29 is 14.7 Å². The highest BCUT2D eigenvalue weighted by molar-refractivity contribution is 6.47. The molecule has 0 fully saturated rings. The topological polar surface area (TPSA) is 108 Å². The van der Waals surface area contributed by atoms with Crippen molar-refractivity contribution in [2.45, 2.75) is 13.8 Å². The molecule has 8 nitrogen and oxygen atoms in total. The summed E-state index contributed by atoms with van der Waals surface area (Å²) in [6, 6.07) is 5.57. The number of amides is 1. The van der Waals surface area contributed by atoms with Gasteiger partial charge in [0.25, 0.3) is 11.5 Å². The van der Waals surface area contributed by atoms with Gasteiger partial charge in [0.2, 0.25) is 5.78 Å². The lowest BCUT2D eigenvalue weighted by Crippen LogP contribution is -2.31. The summed E-state index contributed by atoms with van der Waals surface area (Å²) in [7, 11) is 0. The molecule has 0 saturated carbocycles. The molecule has 3 aromatic rings. The van der Waals surface area contributed by atoms with Crippen LogP contribution in [0.25, 0.3) is 11.3 Å². The summed E-state index contributed by atoms with van der Waals surface area (Å²) in [6.07, 6.45) is 0. The molecule has 0 atom stereocenters. The molecule has 2 N–H and O–H groups in total. The summed E-state index contributed by atoms with van der Waals surface area (Å²) in [5.41, 5.74) is -0.961. The third kappa shape index (κ3) is 3.99. The number of ketones is 1. The number of allylic oxidation sites excluding steroid dienone is 2. The van der Waals surface area contributed by atoms with E-state index in [1.807, 2.05) is 0 Å². The molecule has 2 heterocycles. The number of nitrogens with one attached hydrogen (secondary N) is 1. The smallest absolute Gasteiger partial charge is 0.281 e. The lowest BCUT2D eigenvalue weighted by Gasteiger charge is -2.22. The van der Waals surface area contributed by atoms with Crippen LogP contribution in [0, 0.1) is 6.92 Å². The first-order valence-electron chi connectivity index (χ1n) is 10.6. The molecule has 1 amide bonds. The number of aliphatic hydroxyl groups excluding tert-OH is 1. The van der Waals surface area contributed by atoms with Crippen LogP contribution in [0.15, 0.2) is 51.1 Å². The molecule has 0 unspecified atom stereocenters. The summed E-state index contributed by atoms with van der Waals surface area (Å²) in [4.78, 5) is 39.9. The minimum atomic E-state index is -0.745. The van der Waals surface area contributed by atoms with Gasteiger partial charge in [-0.3, -0.25) is 19.5 Å². The van der Waals surface area contributed by atoms with Gasteiger partial charge in [-0.15, -0.1) is 0 Å². The van der Waals surface area contributed by atoms with E-state index in [1.165, 1.54) is 38.1 Å². The number of hydrogen-bond donors (Lipinski definition) is 2. The number of H-pyrrole nitrogens is 1. The Labute approximate surface area is 244 Å². The summed E-state index contributed by atoms with van der Waals surface area (Å²) >= 11 is 36.9. The molecule has 1 aliphatic heterocycles. The Hall–Kier alpha value is -2.72. The van der Waals surface area contributed by atoms with Crippen LogP contribution in [0.1, 0.15) is 18.2 Å². The van der Waals surface area contributed by atoms with Crippen LogP contribution in [0.4, 0.5) is 5.69 Å². The van der Waals surface area contributed by atoms with Gasteiger partial charge in [0.15, 0.2) is 0 Å². The van der Waals surface area contributed by atoms with Crippen LogP contribution in [-0.4, -0.2) is 32.3 Å². The molecule has 0 bridgehead atoms. The Balaban J connectivity index is 1.61. The van der Waals surface area contributed by atoms with Gasteiger partial charge in [0.05, 0.1) is 48.1 Å². The maximum Gasteiger partial charge on any atom is 0.281 e. The van der Waals surface area contributed by atoms with E-state index in [9.17, 15) is 19.5 Å². The maximum absolute atomic E-state index is 13.3. The van der Waals surface area contributed by atoms with Gasteiger partial charge >= 0.3 is 0 Å². The van der Waals surface area contributed by atoms with Crippen molar-refractivity contribution in [2.75, 3.05) is 5.01 Å². The highest BCUT2D eigenvalue weighted by Crippen LogP contribution is 2.43. The van der Waals surface area contributed by atoms with E-state index in [1.54, 1.807) is 0 Å². The third-order valence-corrected chi connectivity index (χ3v) is 7.50. The minimum Gasteiger partial charge on any atom is -0.506 e. The Morgan fingerprint density at radius 3 is 1.76 bits per heavy atom. The van der Waals surface area contributed by atoms with Crippen molar-refractivity contribution in [2.24, 2.45) is 5.10 Å². The molecule has 5 rings (SSSR count). The number of aromatic nitrogens is 2. The van der Waals surface area contributed by atoms with Crippen LogP contribution >= 0.6 is 69.6 Å². The average Bonchev–Trinajstić information content (AvgIpc) is 3.23. The van der Waals surface area contributed by atoms with Crippen molar-refractivity contribution in [3.8, 4) is 5.69 Å². The zero-order valence-electron chi connectivity index (χ0n) is 19.1. The molecule has 0 saturated heterocycles. The Morgan fingerprint density at radius 1 is 0.763 bits per heavy atom. The van der Waals surface area contributed by atoms with Crippen LogP contribution in [0.2, 0.25) is 30.1 Å². The number of rotatable bonds is 3. The summed E-state index contributed by atoms with van der Waals surface area (Å²) < 4.78 is 1.05. The van der Waals surface area contributed by atoms with E-state index in [4.69, 9.17) is 69.6 Å². The number of hydrogen-bond acceptors (Lipinski definition) is 5. The Kier molecular flexibility index (Phi) is 6.70. The summed E-state index contributed by atoms with van der Waals surface area (Å²) in [5.74, 6) is -2.01. The second kappa shape index (κ2) is 9.48. The number of carbonyl (C=O) groups excluding carboxylic acids is 2. The first-order chi connectivity index (χ1) is 17.8. The van der Waals surface area contributed by atoms with Crippen LogP contribution in [-0.2, 0) is 9.59 Å².